The zero-order chi connectivity index (χ0) is 15.8. The molecule has 1 unspecified atom stereocenters. The lowest BCUT2D eigenvalue weighted by Gasteiger charge is -2.29. The van der Waals surface area contributed by atoms with E-state index in [1.165, 1.54) is 5.56 Å². The van der Waals surface area contributed by atoms with Gasteiger partial charge in [0.1, 0.15) is 0 Å². The second-order valence-corrected chi connectivity index (χ2v) is 5.85. The number of hydrogen-bond acceptors (Lipinski definition) is 3. The Morgan fingerprint density at radius 1 is 1.26 bits per heavy atom. The van der Waals surface area contributed by atoms with E-state index in [0.717, 1.165) is 25.8 Å². The van der Waals surface area contributed by atoms with E-state index in [-0.39, 0.29) is 24.2 Å². The topological polar surface area (TPSA) is 69.6 Å². The molecule has 23 heavy (non-hydrogen) atoms. The summed E-state index contributed by atoms with van der Waals surface area (Å²) < 4.78 is 0. The van der Waals surface area contributed by atoms with E-state index in [2.05, 4.69) is 17.4 Å². The van der Waals surface area contributed by atoms with Crippen LogP contribution in [-0.4, -0.2) is 48.1 Å². The average Bonchev–Trinajstić information content (AvgIpc) is 2.53. The summed E-state index contributed by atoms with van der Waals surface area (Å²) in [4.78, 5) is 24.8. The number of aliphatic carboxylic acids is 1. The fourth-order valence-electron chi connectivity index (χ4n) is 2.82. The summed E-state index contributed by atoms with van der Waals surface area (Å²) >= 11 is 0. The highest BCUT2D eigenvalue weighted by molar-refractivity contribution is 5.85. The zero-order valence-corrected chi connectivity index (χ0v) is 14.1. The van der Waals surface area contributed by atoms with E-state index in [9.17, 15) is 9.59 Å². The fraction of sp³-hybridized carbons (Fsp3) is 0.529. The molecule has 0 spiro atoms. The lowest BCUT2D eigenvalue weighted by molar-refractivity contribution is -0.144. The largest absolute Gasteiger partial charge is 0.481 e. The van der Waals surface area contributed by atoms with Crippen LogP contribution in [0.15, 0.2) is 30.3 Å². The maximum absolute atomic E-state index is 11.9. The predicted molar refractivity (Wildman–Crippen MR) is 91.8 cm³/mol. The second-order valence-electron chi connectivity index (χ2n) is 5.85. The van der Waals surface area contributed by atoms with Crippen molar-refractivity contribution in [2.75, 3.05) is 26.2 Å². The summed E-state index contributed by atoms with van der Waals surface area (Å²) in [5.74, 6) is -1.10. The number of nitrogens with one attached hydrogen (secondary N) is 1. The minimum Gasteiger partial charge on any atom is -0.481 e. The lowest BCUT2D eigenvalue weighted by Crippen LogP contribution is -2.44. The van der Waals surface area contributed by atoms with Gasteiger partial charge in [-0.25, -0.2) is 0 Å². The van der Waals surface area contributed by atoms with Crippen molar-refractivity contribution in [2.45, 2.75) is 25.7 Å². The highest BCUT2D eigenvalue weighted by atomic mass is 35.5. The van der Waals surface area contributed by atoms with Gasteiger partial charge < -0.3 is 10.4 Å². The Morgan fingerprint density at radius 2 is 2.00 bits per heavy atom. The number of piperidine rings is 1. The van der Waals surface area contributed by atoms with Gasteiger partial charge in [0, 0.05) is 13.1 Å². The van der Waals surface area contributed by atoms with Crippen LogP contribution in [0, 0.1) is 5.92 Å². The lowest BCUT2D eigenvalue weighted by atomic mass is 9.98. The standard InChI is InChI=1S/C17H24N2O3.ClH/c20-16(13-19-11-5-9-15(12-19)17(21)22)18-10-4-8-14-6-2-1-3-7-14;/h1-3,6-7,15H,4-5,8-13H2,(H,18,20)(H,21,22);1H. The maximum Gasteiger partial charge on any atom is 0.307 e. The molecule has 2 N–H and O–H groups in total. The van der Waals surface area contributed by atoms with Gasteiger partial charge in [-0.3, -0.25) is 14.5 Å². The third-order valence-corrected chi connectivity index (χ3v) is 4.03. The monoisotopic (exact) mass is 340 g/mol. The SMILES string of the molecule is Cl.O=C(CN1CCCC(C(=O)O)C1)NCCCc1ccccc1. The van der Waals surface area contributed by atoms with Gasteiger partial charge in [0.15, 0.2) is 0 Å². The minimum absolute atomic E-state index is 0. The molecule has 128 valence electrons. The van der Waals surface area contributed by atoms with E-state index < -0.39 is 5.97 Å². The molecular weight excluding hydrogens is 316 g/mol. The number of aryl methyl sites for hydroxylation is 1. The molecule has 5 nitrogen and oxygen atoms in total. The summed E-state index contributed by atoms with van der Waals surface area (Å²) in [6.45, 7) is 2.24. The molecular formula is C17H25ClN2O3. The first-order valence-corrected chi connectivity index (χ1v) is 7.91. The van der Waals surface area contributed by atoms with Gasteiger partial charge in [0.25, 0.3) is 0 Å². The van der Waals surface area contributed by atoms with E-state index in [1.54, 1.807) is 0 Å². The number of carboxylic acid groups (broad SMARTS) is 1. The summed E-state index contributed by atoms with van der Waals surface area (Å²) in [5.41, 5.74) is 1.28. The quantitative estimate of drug-likeness (QED) is 0.744. The molecule has 0 saturated carbocycles. The van der Waals surface area contributed by atoms with Gasteiger partial charge in [-0.2, -0.15) is 0 Å². The summed E-state index contributed by atoms with van der Waals surface area (Å²) in [7, 11) is 0. The molecule has 1 saturated heterocycles. The third kappa shape index (κ3) is 7.01. The van der Waals surface area contributed by atoms with Crippen molar-refractivity contribution in [3.8, 4) is 0 Å². The van der Waals surface area contributed by atoms with Crippen LogP contribution >= 0.6 is 12.4 Å². The number of carbonyl (C=O) groups excluding carboxylic acids is 1. The predicted octanol–water partition coefficient (Wildman–Crippen LogP) is 1.95. The number of hydrogen-bond donors (Lipinski definition) is 2. The van der Waals surface area contributed by atoms with Crippen LogP contribution in [-0.2, 0) is 16.0 Å². The molecule has 1 heterocycles. The van der Waals surface area contributed by atoms with E-state index >= 15 is 0 Å². The maximum atomic E-state index is 11.9. The molecule has 1 aliphatic rings. The van der Waals surface area contributed by atoms with Gasteiger partial charge in [0.2, 0.25) is 5.91 Å². The highest BCUT2D eigenvalue weighted by Gasteiger charge is 2.26. The summed E-state index contributed by atoms with van der Waals surface area (Å²) in [6, 6.07) is 10.2. The minimum atomic E-state index is -0.757. The molecule has 0 radical (unpaired) electrons. The average molecular weight is 341 g/mol. The first-order valence-electron chi connectivity index (χ1n) is 7.91. The molecule has 1 fully saturated rings. The first-order chi connectivity index (χ1) is 10.6. The number of halogens is 1. The molecule has 1 aromatic rings. The van der Waals surface area contributed by atoms with Gasteiger partial charge in [-0.1, -0.05) is 30.3 Å². The number of nitrogens with zero attached hydrogens (tertiary/aromatic N) is 1. The Hall–Kier alpha value is -1.59. The van der Waals surface area contributed by atoms with Crippen LogP contribution in [0.5, 0.6) is 0 Å². The number of carboxylic acids is 1. The van der Waals surface area contributed by atoms with Crippen molar-refractivity contribution >= 4 is 24.3 Å². The molecule has 1 atom stereocenters. The smallest absolute Gasteiger partial charge is 0.307 e. The summed E-state index contributed by atoms with van der Waals surface area (Å²) in [6.07, 6.45) is 3.42. The van der Waals surface area contributed by atoms with Gasteiger partial charge in [0.05, 0.1) is 12.5 Å². The van der Waals surface area contributed by atoms with E-state index in [1.807, 2.05) is 23.1 Å². The van der Waals surface area contributed by atoms with Crippen LogP contribution in [0.3, 0.4) is 0 Å². The van der Waals surface area contributed by atoms with Crippen LogP contribution in [0.4, 0.5) is 0 Å². The number of benzene rings is 1. The number of carbonyl (C=O) groups is 2. The number of amides is 1. The van der Waals surface area contributed by atoms with Crippen molar-refractivity contribution in [1.82, 2.24) is 10.2 Å². The molecule has 1 amide bonds. The molecule has 0 aliphatic carbocycles. The Balaban J connectivity index is 0.00000264. The Bertz CT molecular complexity index is 496. The Labute approximate surface area is 143 Å². The van der Waals surface area contributed by atoms with Crippen LogP contribution in [0.25, 0.3) is 0 Å². The van der Waals surface area contributed by atoms with Crippen molar-refractivity contribution in [3.63, 3.8) is 0 Å². The van der Waals surface area contributed by atoms with E-state index in [4.69, 9.17) is 5.11 Å². The highest BCUT2D eigenvalue weighted by Crippen LogP contribution is 2.16. The Kier molecular flexibility index (Phi) is 8.66. The number of likely N-dealkylation sites (tertiary alicyclic amines) is 1. The fourth-order valence-corrected chi connectivity index (χ4v) is 2.82. The normalized spacial score (nSPS) is 18.0. The molecule has 0 bridgehead atoms. The molecule has 0 aromatic heterocycles. The number of rotatable bonds is 7. The van der Waals surface area contributed by atoms with Gasteiger partial charge in [-0.15, -0.1) is 12.4 Å². The van der Waals surface area contributed by atoms with Gasteiger partial charge >= 0.3 is 5.97 Å². The van der Waals surface area contributed by atoms with Crippen molar-refractivity contribution < 1.29 is 14.7 Å². The summed E-state index contributed by atoms with van der Waals surface area (Å²) in [5, 5.41) is 12.0. The zero-order valence-electron chi connectivity index (χ0n) is 13.2. The Morgan fingerprint density at radius 3 is 2.70 bits per heavy atom. The molecule has 1 aliphatic heterocycles. The van der Waals surface area contributed by atoms with Crippen molar-refractivity contribution in [2.24, 2.45) is 5.92 Å². The third-order valence-electron chi connectivity index (χ3n) is 4.03. The van der Waals surface area contributed by atoms with Crippen molar-refractivity contribution in [3.05, 3.63) is 35.9 Å². The van der Waals surface area contributed by atoms with E-state index in [0.29, 0.717) is 26.1 Å². The molecule has 6 heteroatoms. The van der Waals surface area contributed by atoms with Crippen LogP contribution < -0.4 is 5.32 Å². The second kappa shape index (κ2) is 10.2. The van der Waals surface area contributed by atoms with Crippen LogP contribution in [0.2, 0.25) is 0 Å². The van der Waals surface area contributed by atoms with Crippen molar-refractivity contribution in [1.29, 1.82) is 0 Å². The van der Waals surface area contributed by atoms with Crippen LogP contribution in [0.1, 0.15) is 24.8 Å². The molecule has 2 rings (SSSR count). The first kappa shape index (κ1) is 19.5. The molecule has 1 aromatic carbocycles. The van der Waals surface area contributed by atoms with Gasteiger partial charge in [-0.05, 0) is 37.8 Å².